The van der Waals surface area contributed by atoms with Crippen LogP contribution in [0.25, 0.3) is 0 Å². The number of hydrogen-bond acceptors (Lipinski definition) is 8. The third-order valence-corrected chi connectivity index (χ3v) is 5.17. The zero-order chi connectivity index (χ0) is 16.8. The van der Waals surface area contributed by atoms with Crippen LogP contribution in [0.5, 0.6) is 11.5 Å². The van der Waals surface area contributed by atoms with Crippen LogP contribution in [0.3, 0.4) is 0 Å². The fourth-order valence-electron chi connectivity index (χ4n) is 2.06. The molecule has 0 bridgehead atoms. The number of carbonyl (C=O) groups excluding carboxylic acids is 1. The Hall–Kier alpha value is -2.00. The van der Waals surface area contributed by atoms with Crippen LogP contribution in [0.1, 0.15) is 6.92 Å². The number of amides is 1. The lowest BCUT2D eigenvalue weighted by Crippen LogP contribution is -2.41. The number of rotatable bonds is 7. The fourth-order valence-corrected chi connectivity index (χ4v) is 3.71. The summed E-state index contributed by atoms with van der Waals surface area (Å²) < 4.78 is 12.2. The van der Waals surface area contributed by atoms with Gasteiger partial charge in [-0.1, -0.05) is 35.2 Å². The molecular weight excluding hydrogens is 348 g/mol. The molecule has 7 nitrogen and oxygen atoms in total. The van der Waals surface area contributed by atoms with Gasteiger partial charge in [-0.25, -0.2) is 0 Å². The molecule has 24 heavy (non-hydrogen) atoms. The first kappa shape index (κ1) is 16.8. The Balaban J connectivity index is 1.40. The molecular formula is C15H18N4O3S2. The van der Waals surface area contributed by atoms with E-state index in [4.69, 9.17) is 9.47 Å². The van der Waals surface area contributed by atoms with Gasteiger partial charge in [-0.3, -0.25) is 4.79 Å². The van der Waals surface area contributed by atoms with E-state index in [0.717, 1.165) is 21.8 Å². The zero-order valence-corrected chi connectivity index (χ0v) is 14.8. The molecule has 0 radical (unpaired) electrons. The first-order valence-electron chi connectivity index (χ1n) is 7.60. The molecule has 9 heteroatoms. The van der Waals surface area contributed by atoms with Crippen LogP contribution in [-0.2, 0) is 4.79 Å². The van der Waals surface area contributed by atoms with Gasteiger partial charge in [0.15, 0.2) is 15.8 Å². The number of hydrogen-bond donors (Lipinski definition) is 2. The Labute approximate surface area is 148 Å². The summed E-state index contributed by atoms with van der Waals surface area (Å²) >= 11 is 2.81. The second-order valence-corrected chi connectivity index (χ2v) is 7.19. The number of thioether (sulfide) groups is 1. The highest BCUT2D eigenvalue weighted by molar-refractivity contribution is 8.01. The average Bonchev–Trinajstić information content (AvgIpc) is 3.06. The van der Waals surface area contributed by atoms with E-state index < -0.39 is 0 Å². The molecule has 1 aliphatic rings. The maximum Gasteiger partial charge on any atom is 0.230 e. The molecule has 1 amide bonds. The molecule has 1 aromatic heterocycles. The molecule has 2 heterocycles. The van der Waals surface area contributed by atoms with Crippen molar-refractivity contribution in [3.63, 3.8) is 0 Å². The highest BCUT2D eigenvalue weighted by atomic mass is 32.2. The zero-order valence-electron chi connectivity index (χ0n) is 13.2. The average molecular weight is 366 g/mol. The first-order valence-corrected chi connectivity index (χ1v) is 9.40. The lowest BCUT2D eigenvalue weighted by atomic mass is 10.2. The number of ether oxygens (including phenoxy) is 2. The minimum Gasteiger partial charge on any atom is -0.486 e. The van der Waals surface area contributed by atoms with Gasteiger partial charge < -0.3 is 20.1 Å². The van der Waals surface area contributed by atoms with Gasteiger partial charge in [0.25, 0.3) is 0 Å². The fraction of sp³-hybridized carbons (Fsp3) is 0.400. The van der Waals surface area contributed by atoms with Gasteiger partial charge in [-0.05, 0) is 19.1 Å². The van der Waals surface area contributed by atoms with Gasteiger partial charge in [-0.2, -0.15) is 0 Å². The Morgan fingerprint density at radius 2 is 2.21 bits per heavy atom. The molecule has 2 aromatic rings. The lowest BCUT2D eigenvalue weighted by Gasteiger charge is -2.26. The summed E-state index contributed by atoms with van der Waals surface area (Å²) in [6.45, 7) is 3.63. The molecule has 0 spiro atoms. The third-order valence-electron chi connectivity index (χ3n) is 3.16. The van der Waals surface area contributed by atoms with E-state index in [1.807, 2.05) is 31.2 Å². The summed E-state index contributed by atoms with van der Waals surface area (Å²) in [4.78, 5) is 11.9. The topological polar surface area (TPSA) is 85.4 Å². The number of para-hydroxylation sites is 2. The normalized spacial score (nSPS) is 15.8. The van der Waals surface area contributed by atoms with Crippen molar-refractivity contribution in [2.24, 2.45) is 0 Å². The van der Waals surface area contributed by atoms with Crippen molar-refractivity contribution in [3.05, 3.63) is 24.3 Å². The van der Waals surface area contributed by atoms with E-state index in [9.17, 15) is 4.79 Å². The van der Waals surface area contributed by atoms with E-state index in [1.54, 1.807) is 0 Å². The Morgan fingerprint density at radius 1 is 1.38 bits per heavy atom. The van der Waals surface area contributed by atoms with Crippen LogP contribution < -0.4 is 20.1 Å². The van der Waals surface area contributed by atoms with Gasteiger partial charge in [0.05, 0.1) is 12.3 Å². The number of carbonyl (C=O) groups is 1. The molecule has 2 N–H and O–H groups in total. The van der Waals surface area contributed by atoms with Crippen molar-refractivity contribution < 1.29 is 14.3 Å². The maximum absolute atomic E-state index is 11.9. The van der Waals surface area contributed by atoms with Crippen LogP contribution in [-0.4, -0.2) is 47.7 Å². The minimum atomic E-state index is -0.185. The van der Waals surface area contributed by atoms with Crippen molar-refractivity contribution in [1.29, 1.82) is 0 Å². The van der Waals surface area contributed by atoms with E-state index in [2.05, 4.69) is 20.8 Å². The molecule has 0 saturated heterocycles. The second kappa shape index (κ2) is 8.20. The number of aromatic nitrogens is 2. The number of fused-ring (bicyclic) bond motifs is 1. The second-order valence-electron chi connectivity index (χ2n) is 4.99. The molecule has 1 atom stereocenters. The van der Waals surface area contributed by atoms with Crippen molar-refractivity contribution in [2.75, 3.05) is 30.8 Å². The summed E-state index contributed by atoms with van der Waals surface area (Å²) in [5.74, 6) is 1.68. The third kappa shape index (κ3) is 4.51. The summed E-state index contributed by atoms with van der Waals surface area (Å²) in [5, 5.41) is 14.7. The summed E-state index contributed by atoms with van der Waals surface area (Å²) in [5.41, 5.74) is 0. The standard InChI is InChI=1S/C15H18N4O3S2/c1-2-16-14-18-19-15(24-14)23-9-13(20)17-7-10-8-21-11-5-3-4-6-12(11)22-10/h3-6,10H,2,7-9H2,1H3,(H,16,18)(H,17,20)/t10-/m1/s1. The van der Waals surface area contributed by atoms with Gasteiger partial charge in [0, 0.05) is 6.54 Å². The van der Waals surface area contributed by atoms with Gasteiger partial charge in [0.1, 0.15) is 12.7 Å². The Kier molecular flexibility index (Phi) is 5.76. The quantitative estimate of drug-likeness (QED) is 0.725. The number of anilines is 1. The van der Waals surface area contributed by atoms with E-state index in [-0.39, 0.29) is 12.0 Å². The van der Waals surface area contributed by atoms with E-state index in [1.165, 1.54) is 23.1 Å². The van der Waals surface area contributed by atoms with Crippen molar-refractivity contribution in [1.82, 2.24) is 15.5 Å². The minimum absolute atomic E-state index is 0.0670. The predicted octanol–water partition coefficient (Wildman–Crippen LogP) is 2.02. The largest absolute Gasteiger partial charge is 0.486 e. The molecule has 128 valence electrons. The van der Waals surface area contributed by atoms with Crippen molar-refractivity contribution in [3.8, 4) is 11.5 Å². The highest BCUT2D eigenvalue weighted by Crippen LogP contribution is 2.30. The van der Waals surface area contributed by atoms with E-state index >= 15 is 0 Å². The summed E-state index contributed by atoms with van der Waals surface area (Å²) in [6, 6.07) is 7.51. The van der Waals surface area contributed by atoms with Crippen LogP contribution >= 0.6 is 23.1 Å². The maximum atomic E-state index is 11.9. The van der Waals surface area contributed by atoms with Crippen LogP contribution in [0.4, 0.5) is 5.13 Å². The molecule has 1 aliphatic heterocycles. The number of benzene rings is 1. The highest BCUT2D eigenvalue weighted by Gasteiger charge is 2.21. The first-order chi connectivity index (χ1) is 11.7. The molecule has 3 rings (SSSR count). The lowest BCUT2D eigenvalue weighted by molar-refractivity contribution is -0.119. The van der Waals surface area contributed by atoms with Gasteiger partial charge in [0.2, 0.25) is 11.0 Å². The summed E-state index contributed by atoms with van der Waals surface area (Å²) in [7, 11) is 0. The van der Waals surface area contributed by atoms with Gasteiger partial charge in [-0.15, -0.1) is 10.2 Å². The van der Waals surface area contributed by atoms with Gasteiger partial charge >= 0.3 is 0 Å². The van der Waals surface area contributed by atoms with Crippen LogP contribution in [0.15, 0.2) is 28.6 Å². The molecule has 0 fully saturated rings. The SMILES string of the molecule is CCNc1nnc(SCC(=O)NC[C@@H]2COc3ccccc3O2)s1. The monoisotopic (exact) mass is 366 g/mol. The molecule has 0 aliphatic carbocycles. The Bertz CT molecular complexity index is 695. The smallest absolute Gasteiger partial charge is 0.230 e. The number of nitrogens with one attached hydrogen (secondary N) is 2. The number of nitrogens with zero attached hydrogens (tertiary/aromatic N) is 2. The van der Waals surface area contributed by atoms with Crippen molar-refractivity contribution in [2.45, 2.75) is 17.4 Å². The van der Waals surface area contributed by atoms with Crippen molar-refractivity contribution >= 4 is 34.1 Å². The molecule has 0 unspecified atom stereocenters. The van der Waals surface area contributed by atoms with E-state index in [0.29, 0.717) is 24.7 Å². The predicted molar refractivity (Wildman–Crippen MR) is 94.2 cm³/mol. The van der Waals surface area contributed by atoms with Crippen LogP contribution in [0, 0.1) is 0 Å². The molecule has 1 aromatic carbocycles. The van der Waals surface area contributed by atoms with Crippen LogP contribution in [0.2, 0.25) is 0 Å². The Morgan fingerprint density at radius 3 is 3.04 bits per heavy atom. The molecule has 0 saturated carbocycles. The summed E-state index contributed by atoms with van der Waals surface area (Å²) in [6.07, 6.45) is -0.185.